The zero-order valence-electron chi connectivity index (χ0n) is 7.78. The standard InChI is InChI=1S/C8H9ClN4S/c1-4(2)7-10-5(3-14-7)6-11-8(9)13-12-6/h3-4H,1-2H3,(H,11,12,13). The van der Waals surface area contributed by atoms with E-state index in [1.807, 2.05) is 5.38 Å². The first kappa shape index (κ1) is 9.61. The molecule has 2 rings (SSSR count). The van der Waals surface area contributed by atoms with E-state index in [2.05, 4.69) is 34.0 Å². The SMILES string of the molecule is CC(C)c1nc(-c2n[nH]c(Cl)n2)cs1. The van der Waals surface area contributed by atoms with Gasteiger partial charge in [-0.2, -0.15) is 10.1 Å². The van der Waals surface area contributed by atoms with Gasteiger partial charge in [-0.25, -0.2) is 10.1 Å². The van der Waals surface area contributed by atoms with Crippen LogP contribution in [0.25, 0.3) is 11.5 Å². The van der Waals surface area contributed by atoms with Crippen LogP contribution >= 0.6 is 22.9 Å². The van der Waals surface area contributed by atoms with E-state index < -0.39 is 0 Å². The Morgan fingerprint density at radius 1 is 1.43 bits per heavy atom. The summed E-state index contributed by atoms with van der Waals surface area (Å²) in [6, 6.07) is 0. The van der Waals surface area contributed by atoms with Crippen LogP contribution < -0.4 is 0 Å². The molecule has 4 nitrogen and oxygen atoms in total. The molecule has 6 heteroatoms. The highest BCUT2D eigenvalue weighted by atomic mass is 35.5. The second kappa shape index (κ2) is 3.67. The van der Waals surface area contributed by atoms with Crippen molar-refractivity contribution in [2.45, 2.75) is 19.8 Å². The van der Waals surface area contributed by atoms with E-state index in [1.165, 1.54) is 0 Å². The average Bonchev–Trinajstić information content (AvgIpc) is 2.70. The van der Waals surface area contributed by atoms with Crippen molar-refractivity contribution in [3.63, 3.8) is 0 Å². The van der Waals surface area contributed by atoms with Gasteiger partial charge in [0.05, 0.1) is 5.01 Å². The van der Waals surface area contributed by atoms with Gasteiger partial charge in [-0.15, -0.1) is 11.3 Å². The summed E-state index contributed by atoms with van der Waals surface area (Å²) in [5, 5.41) is 9.82. The second-order valence-corrected chi connectivity index (χ2v) is 4.42. The molecule has 0 aromatic carbocycles. The van der Waals surface area contributed by atoms with E-state index in [0.717, 1.165) is 10.7 Å². The molecule has 0 atom stereocenters. The highest BCUT2D eigenvalue weighted by Crippen LogP contribution is 2.24. The van der Waals surface area contributed by atoms with E-state index >= 15 is 0 Å². The van der Waals surface area contributed by atoms with Gasteiger partial charge in [0, 0.05) is 11.3 Å². The highest BCUT2D eigenvalue weighted by Gasteiger charge is 2.10. The van der Waals surface area contributed by atoms with E-state index in [9.17, 15) is 0 Å². The summed E-state index contributed by atoms with van der Waals surface area (Å²) in [6.45, 7) is 4.21. The molecule has 2 heterocycles. The molecule has 0 spiro atoms. The minimum atomic E-state index is 0.291. The third-order valence-electron chi connectivity index (χ3n) is 1.70. The normalized spacial score (nSPS) is 11.1. The molecule has 0 bridgehead atoms. The van der Waals surface area contributed by atoms with Crippen LogP contribution in [0.5, 0.6) is 0 Å². The first-order chi connectivity index (χ1) is 6.66. The van der Waals surface area contributed by atoms with Crippen LogP contribution in [0.2, 0.25) is 5.28 Å². The maximum absolute atomic E-state index is 5.63. The first-order valence-corrected chi connectivity index (χ1v) is 5.46. The van der Waals surface area contributed by atoms with Gasteiger partial charge >= 0.3 is 0 Å². The molecule has 1 N–H and O–H groups in total. The van der Waals surface area contributed by atoms with Crippen LogP contribution in [0, 0.1) is 0 Å². The fourth-order valence-corrected chi connectivity index (χ4v) is 1.95. The van der Waals surface area contributed by atoms with Gasteiger partial charge < -0.3 is 0 Å². The minimum absolute atomic E-state index is 0.291. The molecule has 0 fully saturated rings. The predicted octanol–water partition coefficient (Wildman–Crippen LogP) is 2.71. The number of H-pyrrole nitrogens is 1. The Hall–Kier alpha value is -0.940. The lowest BCUT2D eigenvalue weighted by molar-refractivity contribution is 0.852. The molecule has 0 radical (unpaired) electrons. The van der Waals surface area contributed by atoms with Crippen LogP contribution in [0.3, 0.4) is 0 Å². The predicted molar refractivity (Wildman–Crippen MR) is 56.6 cm³/mol. The second-order valence-electron chi connectivity index (χ2n) is 3.18. The van der Waals surface area contributed by atoms with E-state index in [-0.39, 0.29) is 0 Å². The Morgan fingerprint density at radius 3 is 2.71 bits per heavy atom. The van der Waals surface area contributed by atoms with Crippen LogP contribution in [-0.4, -0.2) is 20.2 Å². The van der Waals surface area contributed by atoms with E-state index in [0.29, 0.717) is 17.0 Å². The fraction of sp³-hybridized carbons (Fsp3) is 0.375. The molecule has 2 aromatic rings. The molecular formula is C8H9ClN4S. The average molecular weight is 229 g/mol. The summed E-state index contributed by atoms with van der Waals surface area (Å²) in [5.74, 6) is 0.987. The van der Waals surface area contributed by atoms with Crippen molar-refractivity contribution in [3.8, 4) is 11.5 Å². The number of nitrogens with zero attached hydrogens (tertiary/aromatic N) is 3. The summed E-state index contributed by atoms with van der Waals surface area (Å²) in [6.07, 6.45) is 0. The Bertz CT molecular complexity index is 434. The number of aromatic amines is 1. The Morgan fingerprint density at radius 2 is 2.21 bits per heavy atom. The van der Waals surface area contributed by atoms with Gasteiger partial charge in [0.15, 0.2) is 0 Å². The fourth-order valence-electron chi connectivity index (χ4n) is 1.01. The summed E-state index contributed by atoms with van der Waals surface area (Å²) in [7, 11) is 0. The maximum Gasteiger partial charge on any atom is 0.218 e. The van der Waals surface area contributed by atoms with Crippen LogP contribution in [0.15, 0.2) is 5.38 Å². The smallest absolute Gasteiger partial charge is 0.218 e. The summed E-state index contributed by atoms with van der Waals surface area (Å²) >= 11 is 7.24. The number of nitrogens with one attached hydrogen (secondary N) is 1. The van der Waals surface area contributed by atoms with E-state index in [1.54, 1.807) is 11.3 Å². The van der Waals surface area contributed by atoms with Crippen molar-refractivity contribution in [2.24, 2.45) is 0 Å². The molecule has 74 valence electrons. The highest BCUT2D eigenvalue weighted by molar-refractivity contribution is 7.10. The largest absolute Gasteiger partial charge is 0.249 e. The zero-order chi connectivity index (χ0) is 10.1. The van der Waals surface area contributed by atoms with Crippen molar-refractivity contribution < 1.29 is 0 Å². The van der Waals surface area contributed by atoms with Crippen molar-refractivity contribution in [1.82, 2.24) is 20.2 Å². The Labute approximate surface area is 90.4 Å². The Kier molecular flexibility index (Phi) is 2.52. The lowest BCUT2D eigenvalue weighted by atomic mass is 10.2. The van der Waals surface area contributed by atoms with Gasteiger partial charge in [-0.1, -0.05) is 13.8 Å². The lowest BCUT2D eigenvalue weighted by Crippen LogP contribution is -1.86. The van der Waals surface area contributed by atoms with Crippen molar-refractivity contribution >= 4 is 22.9 Å². The van der Waals surface area contributed by atoms with Crippen molar-refractivity contribution in [3.05, 3.63) is 15.7 Å². The van der Waals surface area contributed by atoms with Crippen LogP contribution in [-0.2, 0) is 0 Å². The van der Waals surface area contributed by atoms with Crippen molar-refractivity contribution in [2.75, 3.05) is 0 Å². The molecule has 0 saturated carbocycles. The monoisotopic (exact) mass is 228 g/mol. The van der Waals surface area contributed by atoms with Gasteiger partial charge in [-0.05, 0) is 11.6 Å². The number of aromatic nitrogens is 4. The van der Waals surface area contributed by atoms with Gasteiger partial charge in [0.2, 0.25) is 11.1 Å². The lowest BCUT2D eigenvalue weighted by Gasteiger charge is -1.95. The number of hydrogen-bond acceptors (Lipinski definition) is 4. The molecular weight excluding hydrogens is 220 g/mol. The minimum Gasteiger partial charge on any atom is -0.249 e. The summed E-state index contributed by atoms with van der Waals surface area (Å²) < 4.78 is 0. The van der Waals surface area contributed by atoms with E-state index in [4.69, 9.17) is 11.6 Å². The third kappa shape index (κ3) is 1.78. The number of hydrogen-bond donors (Lipinski definition) is 1. The summed E-state index contributed by atoms with van der Waals surface area (Å²) in [4.78, 5) is 8.40. The molecule has 0 amide bonds. The van der Waals surface area contributed by atoms with Crippen molar-refractivity contribution in [1.29, 1.82) is 0 Å². The maximum atomic E-state index is 5.63. The molecule has 2 aromatic heterocycles. The van der Waals surface area contributed by atoms with Gasteiger partial charge in [0.25, 0.3) is 0 Å². The van der Waals surface area contributed by atoms with Gasteiger partial charge in [0.1, 0.15) is 5.69 Å². The first-order valence-electron chi connectivity index (χ1n) is 4.20. The quantitative estimate of drug-likeness (QED) is 0.860. The molecule has 0 aliphatic carbocycles. The van der Waals surface area contributed by atoms with Crippen LogP contribution in [0.4, 0.5) is 0 Å². The third-order valence-corrected chi connectivity index (χ3v) is 3.02. The molecule has 0 aliphatic rings. The Balaban J connectivity index is 2.33. The molecule has 0 aliphatic heterocycles. The molecule has 14 heavy (non-hydrogen) atoms. The number of thiazole rings is 1. The van der Waals surface area contributed by atoms with Crippen LogP contribution in [0.1, 0.15) is 24.8 Å². The summed E-state index contributed by atoms with van der Waals surface area (Å²) in [5.41, 5.74) is 0.779. The molecule has 0 unspecified atom stereocenters. The zero-order valence-corrected chi connectivity index (χ0v) is 9.35. The number of halogens is 1. The van der Waals surface area contributed by atoms with Gasteiger partial charge in [-0.3, -0.25) is 0 Å². The number of rotatable bonds is 2. The molecule has 0 saturated heterocycles. The topological polar surface area (TPSA) is 54.5 Å².